The molecule has 35 heavy (non-hydrogen) atoms. The lowest BCUT2D eigenvalue weighted by Gasteiger charge is -2.33. The van der Waals surface area contributed by atoms with Gasteiger partial charge in [0, 0.05) is 25.5 Å². The third-order valence-electron chi connectivity index (χ3n) is 6.42. The summed E-state index contributed by atoms with van der Waals surface area (Å²) in [5, 5.41) is 1.81. The third-order valence-corrected chi connectivity index (χ3v) is 7.89. The summed E-state index contributed by atoms with van der Waals surface area (Å²) in [5.41, 5.74) is 0. The quantitative estimate of drug-likeness (QED) is 0.346. The van der Waals surface area contributed by atoms with Crippen molar-refractivity contribution in [3.8, 4) is 0 Å². The van der Waals surface area contributed by atoms with E-state index in [1.807, 2.05) is 42.5 Å². The van der Waals surface area contributed by atoms with Crippen molar-refractivity contribution >= 4 is 38.7 Å². The molecule has 4 rings (SSSR count). The SMILES string of the molecule is CC1CCN(C(=O)C(CCCC=Nc2ccccn2)NS(=O)(=O)c2ccc3ccccc3c2)CC1. The molecule has 3 aromatic rings. The lowest BCUT2D eigenvalue weighted by atomic mass is 9.98. The fourth-order valence-electron chi connectivity index (χ4n) is 4.27. The standard InChI is InChI=1S/C27H32N4O3S/c1-21-14-18-31(19-15-21)27(32)25(10-4-6-16-28-26-11-5-7-17-29-26)30-35(33,34)24-13-12-22-8-2-3-9-23(22)20-24/h2-3,5,7-9,11-13,16-17,20-21,25,30H,4,6,10,14-15,18-19H2,1H3. The highest BCUT2D eigenvalue weighted by Gasteiger charge is 2.30. The number of fused-ring (bicyclic) bond motifs is 1. The van der Waals surface area contributed by atoms with Crippen molar-refractivity contribution in [1.82, 2.24) is 14.6 Å². The Kier molecular flexibility index (Phi) is 8.25. The van der Waals surface area contributed by atoms with Crippen LogP contribution in [-0.2, 0) is 14.8 Å². The van der Waals surface area contributed by atoms with Crippen molar-refractivity contribution in [2.75, 3.05) is 13.1 Å². The van der Waals surface area contributed by atoms with Crippen LogP contribution in [0.5, 0.6) is 0 Å². The van der Waals surface area contributed by atoms with Gasteiger partial charge in [0.25, 0.3) is 0 Å². The van der Waals surface area contributed by atoms with Gasteiger partial charge in [-0.1, -0.05) is 43.3 Å². The first-order valence-corrected chi connectivity index (χ1v) is 13.6. The molecule has 1 aromatic heterocycles. The molecular formula is C27H32N4O3S. The van der Waals surface area contributed by atoms with Gasteiger partial charge in [-0.15, -0.1) is 0 Å². The molecule has 7 nitrogen and oxygen atoms in total. The number of benzene rings is 2. The van der Waals surface area contributed by atoms with Crippen molar-refractivity contribution in [2.24, 2.45) is 10.9 Å². The van der Waals surface area contributed by atoms with Crippen LogP contribution in [0.3, 0.4) is 0 Å². The van der Waals surface area contributed by atoms with Crippen molar-refractivity contribution in [3.05, 3.63) is 66.9 Å². The highest BCUT2D eigenvalue weighted by Crippen LogP contribution is 2.21. The Balaban J connectivity index is 1.47. The number of piperidine rings is 1. The second-order valence-electron chi connectivity index (χ2n) is 9.12. The zero-order chi connectivity index (χ0) is 24.7. The number of rotatable bonds is 9. The molecule has 1 saturated heterocycles. The maximum Gasteiger partial charge on any atom is 0.241 e. The first kappa shape index (κ1) is 25.0. The summed E-state index contributed by atoms with van der Waals surface area (Å²) in [6, 6.07) is 17.4. The number of amides is 1. The van der Waals surface area contributed by atoms with Crippen LogP contribution in [-0.4, -0.2) is 49.6 Å². The monoisotopic (exact) mass is 492 g/mol. The molecule has 0 spiro atoms. The predicted octanol–water partition coefficient (Wildman–Crippen LogP) is 4.71. The van der Waals surface area contributed by atoms with E-state index in [0.717, 1.165) is 23.6 Å². The van der Waals surface area contributed by atoms with Crippen molar-refractivity contribution in [1.29, 1.82) is 0 Å². The molecule has 1 aliphatic heterocycles. The first-order valence-electron chi connectivity index (χ1n) is 12.2. The summed E-state index contributed by atoms with van der Waals surface area (Å²) in [6.45, 7) is 3.51. The molecule has 1 N–H and O–H groups in total. The Morgan fingerprint density at radius 3 is 2.60 bits per heavy atom. The van der Waals surface area contributed by atoms with Gasteiger partial charge in [-0.25, -0.2) is 18.4 Å². The molecule has 0 aliphatic carbocycles. The van der Waals surface area contributed by atoms with Gasteiger partial charge in [-0.05, 0) is 73.1 Å². The Labute approximate surface area is 207 Å². The van der Waals surface area contributed by atoms with Crippen LogP contribution < -0.4 is 4.72 Å². The second-order valence-corrected chi connectivity index (χ2v) is 10.8. The molecule has 2 heterocycles. The van der Waals surface area contributed by atoms with Crippen LogP contribution >= 0.6 is 0 Å². The van der Waals surface area contributed by atoms with E-state index in [4.69, 9.17) is 0 Å². The number of nitrogens with zero attached hydrogens (tertiary/aromatic N) is 3. The van der Waals surface area contributed by atoms with Gasteiger partial charge in [-0.3, -0.25) is 4.79 Å². The summed E-state index contributed by atoms with van der Waals surface area (Å²) in [7, 11) is -3.87. The highest BCUT2D eigenvalue weighted by molar-refractivity contribution is 7.89. The number of aliphatic imine (C=N–C) groups is 1. The van der Waals surface area contributed by atoms with E-state index in [9.17, 15) is 13.2 Å². The molecule has 1 amide bonds. The zero-order valence-electron chi connectivity index (χ0n) is 20.0. The number of likely N-dealkylation sites (tertiary alicyclic amines) is 1. The number of unbranched alkanes of at least 4 members (excludes halogenated alkanes) is 1. The van der Waals surface area contributed by atoms with Gasteiger partial charge in [0.15, 0.2) is 5.82 Å². The normalized spacial score (nSPS) is 16.1. The Morgan fingerprint density at radius 2 is 1.86 bits per heavy atom. The number of hydrogen-bond donors (Lipinski definition) is 1. The van der Waals surface area contributed by atoms with E-state index in [2.05, 4.69) is 21.6 Å². The number of pyridine rings is 1. The summed E-state index contributed by atoms with van der Waals surface area (Å²) in [4.78, 5) is 23.8. The predicted molar refractivity (Wildman–Crippen MR) is 139 cm³/mol. The average Bonchev–Trinajstić information content (AvgIpc) is 2.88. The van der Waals surface area contributed by atoms with Gasteiger partial charge >= 0.3 is 0 Å². The average molecular weight is 493 g/mol. The number of carbonyl (C=O) groups excluding carboxylic acids is 1. The molecule has 0 radical (unpaired) electrons. The largest absolute Gasteiger partial charge is 0.341 e. The fourth-order valence-corrected chi connectivity index (χ4v) is 5.53. The van der Waals surface area contributed by atoms with Crippen LogP contribution in [0, 0.1) is 5.92 Å². The van der Waals surface area contributed by atoms with Crippen molar-refractivity contribution in [3.63, 3.8) is 0 Å². The molecule has 1 fully saturated rings. The molecule has 2 aromatic carbocycles. The second kappa shape index (κ2) is 11.6. The first-order chi connectivity index (χ1) is 16.9. The molecule has 1 atom stereocenters. The Bertz CT molecular complexity index is 1270. The Morgan fingerprint density at radius 1 is 1.11 bits per heavy atom. The van der Waals surface area contributed by atoms with Gasteiger partial charge < -0.3 is 4.90 Å². The molecule has 1 unspecified atom stereocenters. The van der Waals surface area contributed by atoms with Crippen molar-refractivity contribution < 1.29 is 13.2 Å². The maximum absolute atomic E-state index is 13.4. The minimum absolute atomic E-state index is 0.150. The van der Waals surface area contributed by atoms with E-state index in [1.54, 1.807) is 35.5 Å². The molecule has 0 bridgehead atoms. The molecule has 0 saturated carbocycles. The molecule has 184 valence electrons. The summed E-state index contributed by atoms with van der Waals surface area (Å²) < 4.78 is 29.3. The topological polar surface area (TPSA) is 91.7 Å². The molecule has 1 aliphatic rings. The highest BCUT2D eigenvalue weighted by atomic mass is 32.2. The molecule has 8 heteroatoms. The number of carbonyl (C=O) groups is 1. The fraction of sp³-hybridized carbons (Fsp3) is 0.370. The Hall–Kier alpha value is -3.10. The van der Waals surface area contributed by atoms with Crippen LogP contribution in [0.2, 0.25) is 0 Å². The van der Waals surface area contributed by atoms with Gasteiger partial charge in [0.1, 0.15) is 6.04 Å². The number of aromatic nitrogens is 1. The van der Waals surface area contributed by atoms with Crippen LogP contribution in [0.4, 0.5) is 5.82 Å². The van der Waals surface area contributed by atoms with E-state index in [0.29, 0.717) is 44.1 Å². The van der Waals surface area contributed by atoms with Gasteiger partial charge in [0.2, 0.25) is 15.9 Å². The van der Waals surface area contributed by atoms with Gasteiger partial charge in [0.05, 0.1) is 4.90 Å². The number of sulfonamides is 1. The smallest absolute Gasteiger partial charge is 0.241 e. The van der Waals surface area contributed by atoms with E-state index >= 15 is 0 Å². The summed E-state index contributed by atoms with van der Waals surface area (Å²) >= 11 is 0. The zero-order valence-corrected chi connectivity index (χ0v) is 20.8. The minimum atomic E-state index is -3.87. The number of hydrogen-bond acceptors (Lipinski definition) is 5. The van der Waals surface area contributed by atoms with Crippen LogP contribution in [0.15, 0.2) is 76.7 Å². The maximum atomic E-state index is 13.4. The van der Waals surface area contributed by atoms with E-state index < -0.39 is 16.1 Å². The van der Waals surface area contributed by atoms with Gasteiger partial charge in [-0.2, -0.15) is 4.72 Å². The third kappa shape index (κ3) is 6.74. The van der Waals surface area contributed by atoms with E-state index in [-0.39, 0.29) is 10.8 Å². The lowest BCUT2D eigenvalue weighted by molar-refractivity contribution is -0.134. The minimum Gasteiger partial charge on any atom is -0.341 e. The summed E-state index contributed by atoms with van der Waals surface area (Å²) in [5.74, 6) is 1.05. The van der Waals surface area contributed by atoms with Crippen molar-refractivity contribution in [2.45, 2.75) is 50.0 Å². The van der Waals surface area contributed by atoms with E-state index in [1.165, 1.54) is 0 Å². The molecular weight excluding hydrogens is 460 g/mol. The summed E-state index contributed by atoms with van der Waals surface area (Å²) in [6.07, 6.45) is 6.96. The number of nitrogens with one attached hydrogen (secondary N) is 1. The van der Waals surface area contributed by atoms with Crippen LogP contribution in [0.25, 0.3) is 10.8 Å². The van der Waals surface area contributed by atoms with Crippen LogP contribution in [0.1, 0.15) is 39.0 Å². The lowest BCUT2D eigenvalue weighted by Crippen LogP contribution is -2.50.